The maximum Gasteiger partial charge on any atom is 0.193 e. The number of hydrogen-bond acceptors (Lipinski definition) is 3. The monoisotopic (exact) mass is 370 g/mol. The Labute approximate surface area is 153 Å². The molecular formula is C20H12Cl2O3. The van der Waals surface area contributed by atoms with Crippen molar-refractivity contribution >= 4 is 34.2 Å². The smallest absolute Gasteiger partial charge is 0.193 e. The molecule has 0 aliphatic carbocycles. The second kappa shape index (κ2) is 6.10. The van der Waals surface area contributed by atoms with E-state index in [1.165, 1.54) is 6.07 Å². The summed E-state index contributed by atoms with van der Waals surface area (Å²) < 4.78 is 11.7. The number of aryl methyl sites for hydroxylation is 1. The molecule has 0 fully saturated rings. The van der Waals surface area contributed by atoms with Crippen LogP contribution in [0.3, 0.4) is 0 Å². The second-order valence-corrected chi connectivity index (χ2v) is 6.58. The van der Waals surface area contributed by atoms with E-state index in [0.29, 0.717) is 38.3 Å². The first-order chi connectivity index (χ1) is 12.0. The Morgan fingerprint density at radius 3 is 2.36 bits per heavy atom. The number of benzene rings is 2. The van der Waals surface area contributed by atoms with Crippen LogP contribution in [0.2, 0.25) is 10.0 Å². The summed E-state index contributed by atoms with van der Waals surface area (Å²) >= 11 is 12.0. The van der Waals surface area contributed by atoms with Crippen molar-refractivity contribution in [3.8, 4) is 22.8 Å². The van der Waals surface area contributed by atoms with E-state index in [4.69, 9.17) is 32.0 Å². The van der Waals surface area contributed by atoms with Crippen molar-refractivity contribution in [3.63, 3.8) is 0 Å². The molecule has 0 saturated heterocycles. The fourth-order valence-electron chi connectivity index (χ4n) is 2.67. The van der Waals surface area contributed by atoms with E-state index in [1.54, 1.807) is 30.3 Å². The van der Waals surface area contributed by atoms with Crippen molar-refractivity contribution in [1.82, 2.24) is 0 Å². The first kappa shape index (κ1) is 16.0. The Morgan fingerprint density at radius 2 is 1.56 bits per heavy atom. The summed E-state index contributed by atoms with van der Waals surface area (Å²) in [5.41, 5.74) is 2.22. The molecule has 4 rings (SSSR count). The van der Waals surface area contributed by atoms with E-state index in [1.807, 2.05) is 25.1 Å². The van der Waals surface area contributed by atoms with Gasteiger partial charge in [-0.3, -0.25) is 4.79 Å². The van der Waals surface area contributed by atoms with Gasteiger partial charge in [-0.2, -0.15) is 0 Å². The predicted molar refractivity (Wildman–Crippen MR) is 100 cm³/mol. The van der Waals surface area contributed by atoms with Crippen LogP contribution in [0.4, 0.5) is 0 Å². The van der Waals surface area contributed by atoms with Gasteiger partial charge in [-0.1, -0.05) is 34.8 Å². The number of rotatable bonds is 2. The molecule has 0 radical (unpaired) electrons. The van der Waals surface area contributed by atoms with Gasteiger partial charge < -0.3 is 8.83 Å². The summed E-state index contributed by atoms with van der Waals surface area (Å²) in [6.07, 6.45) is 0. The third-order valence-corrected chi connectivity index (χ3v) is 4.67. The predicted octanol–water partition coefficient (Wildman–Crippen LogP) is 6.34. The molecule has 0 atom stereocenters. The molecule has 0 bridgehead atoms. The van der Waals surface area contributed by atoms with Crippen molar-refractivity contribution in [1.29, 1.82) is 0 Å². The highest BCUT2D eigenvalue weighted by molar-refractivity contribution is 6.42. The van der Waals surface area contributed by atoms with Crippen molar-refractivity contribution in [2.75, 3.05) is 0 Å². The molecule has 2 heterocycles. The van der Waals surface area contributed by atoms with Crippen molar-refractivity contribution in [2.24, 2.45) is 0 Å². The molecule has 4 aromatic rings. The van der Waals surface area contributed by atoms with Gasteiger partial charge in [0.25, 0.3) is 0 Å². The van der Waals surface area contributed by atoms with Gasteiger partial charge in [0, 0.05) is 11.6 Å². The molecule has 5 heteroatoms. The van der Waals surface area contributed by atoms with E-state index in [2.05, 4.69) is 0 Å². The number of fused-ring (bicyclic) bond motifs is 1. The van der Waals surface area contributed by atoms with Crippen LogP contribution >= 0.6 is 23.2 Å². The fraction of sp³-hybridized carbons (Fsp3) is 0.0500. The molecular weight excluding hydrogens is 359 g/mol. The Bertz CT molecular complexity index is 1160. The van der Waals surface area contributed by atoms with Crippen molar-refractivity contribution in [3.05, 3.63) is 80.4 Å². The zero-order valence-electron chi connectivity index (χ0n) is 13.2. The van der Waals surface area contributed by atoms with Gasteiger partial charge >= 0.3 is 0 Å². The normalized spacial score (nSPS) is 11.2. The zero-order chi connectivity index (χ0) is 17.6. The van der Waals surface area contributed by atoms with Gasteiger partial charge in [-0.25, -0.2) is 0 Å². The molecule has 0 saturated carbocycles. The van der Waals surface area contributed by atoms with Crippen LogP contribution in [0.1, 0.15) is 5.56 Å². The molecule has 0 unspecified atom stereocenters. The van der Waals surface area contributed by atoms with Crippen LogP contribution in [-0.4, -0.2) is 0 Å². The highest BCUT2D eigenvalue weighted by atomic mass is 35.5. The van der Waals surface area contributed by atoms with E-state index in [9.17, 15) is 4.79 Å². The van der Waals surface area contributed by atoms with E-state index in [0.717, 1.165) is 11.1 Å². The first-order valence-corrected chi connectivity index (χ1v) is 8.37. The number of furan rings is 1. The van der Waals surface area contributed by atoms with E-state index in [-0.39, 0.29) is 5.43 Å². The molecule has 25 heavy (non-hydrogen) atoms. The van der Waals surface area contributed by atoms with Gasteiger partial charge in [0.05, 0.1) is 15.4 Å². The second-order valence-electron chi connectivity index (χ2n) is 5.77. The summed E-state index contributed by atoms with van der Waals surface area (Å²) in [5, 5.41) is 1.48. The summed E-state index contributed by atoms with van der Waals surface area (Å²) in [7, 11) is 0. The van der Waals surface area contributed by atoms with Gasteiger partial charge in [0.2, 0.25) is 0 Å². The quantitative estimate of drug-likeness (QED) is 0.413. The Kier molecular flexibility index (Phi) is 3.91. The van der Waals surface area contributed by atoms with Crippen molar-refractivity contribution < 1.29 is 8.83 Å². The fourth-order valence-corrected chi connectivity index (χ4v) is 2.96. The summed E-state index contributed by atoms with van der Waals surface area (Å²) in [6.45, 7) is 1.93. The lowest BCUT2D eigenvalue weighted by Crippen LogP contribution is -2.00. The Balaban J connectivity index is 1.79. The molecule has 3 nitrogen and oxygen atoms in total. The van der Waals surface area contributed by atoms with E-state index < -0.39 is 0 Å². The molecule has 0 aliphatic heterocycles. The minimum Gasteiger partial charge on any atom is -0.453 e. The zero-order valence-corrected chi connectivity index (χ0v) is 14.7. The summed E-state index contributed by atoms with van der Waals surface area (Å²) in [4.78, 5) is 12.4. The SMILES string of the molecule is Cc1ccc2oc(-c3ccc(-c4ccc(Cl)c(Cl)c4)o3)cc(=O)c2c1. The summed E-state index contributed by atoms with van der Waals surface area (Å²) in [6, 6.07) is 15.8. The maximum atomic E-state index is 12.4. The highest BCUT2D eigenvalue weighted by Crippen LogP contribution is 2.32. The van der Waals surface area contributed by atoms with Gasteiger partial charge in [0.1, 0.15) is 11.3 Å². The lowest BCUT2D eigenvalue weighted by molar-refractivity contribution is 0.546. The molecule has 0 N–H and O–H groups in total. The van der Waals surface area contributed by atoms with Gasteiger partial charge in [-0.15, -0.1) is 0 Å². The largest absolute Gasteiger partial charge is 0.453 e. The number of halogens is 2. The van der Waals surface area contributed by atoms with Crippen LogP contribution in [0.15, 0.2) is 68.2 Å². The van der Waals surface area contributed by atoms with Gasteiger partial charge in [0.15, 0.2) is 16.9 Å². The minimum absolute atomic E-state index is 0.104. The molecule has 0 aliphatic rings. The maximum absolute atomic E-state index is 12.4. The Morgan fingerprint density at radius 1 is 0.760 bits per heavy atom. The molecule has 0 amide bonds. The highest BCUT2D eigenvalue weighted by Gasteiger charge is 2.12. The van der Waals surface area contributed by atoms with Crippen LogP contribution in [0, 0.1) is 6.92 Å². The van der Waals surface area contributed by atoms with Crippen molar-refractivity contribution in [2.45, 2.75) is 6.92 Å². The molecule has 124 valence electrons. The molecule has 2 aromatic heterocycles. The van der Waals surface area contributed by atoms with Crippen LogP contribution in [0.5, 0.6) is 0 Å². The Hall–Kier alpha value is -2.49. The van der Waals surface area contributed by atoms with E-state index >= 15 is 0 Å². The van der Waals surface area contributed by atoms with Gasteiger partial charge in [-0.05, 0) is 49.4 Å². The summed E-state index contributed by atoms with van der Waals surface area (Å²) in [5.74, 6) is 1.47. The number of hydrogen-bond donors (Lipinski definition) is 0. The lowest BCUT2D eigenvalue weighted by Gasteiger charge is -2.02. The average molecular weight is 371 g/mol. The standard InChI is InChI=1S/C20H12Cl2O3/c1-11-2-5-18-13(8-11)16(23)10-20(25-18)19-7-6-17(24-19)12-3-4-14(21)15(22)9-12/h2-10H,1H3. The average Bonchev–Trinajstić information content (AvgIpc) is 3.08. The topological polar surface area (TPSA) is 43.4 Å². The first-order valence-electron chi connectivity index (χ1n) is 7.61. The van der Waals surface area contributed by atoms with Crippen LogP contribution in [0.25, 0.3) is 33.8 Å². The van der Waals surface area contributed by atoms with Crippen LogP contribution in [-0.2, 0) is 0 Å². The lowest BCUT2D eigenvalue weighted by atomic mass is 10.1. The third kappa shape index (κ3) is 2.97. The third-order valence-electron chi connectivity index (χ3n) is 3.94. The molecule has 2 aromatic carbocycles. The van der Waals surface area contributed by atoms with Crippen LogP contribution < -0.4 is 5.43 Å². The molecule has 0 spiro atoms. The minimum atomic E-state index is -0.104.